The van der Waals surface area contributed by atoms with Gasteiger partial charge in [-0.2, -0.15) is 5.10 Å². The minimum atomic E-state index is -0.537. The average molecular weight is 279 g/mol. The highest BCUT2D eigenvalue weighted by atomic mass is 19.1. The van der Waals surface area contributed by atoms with E-state index in [1.54, 1.807) is 23.9 Å². The normalized spacial score (nSPS) is 12.7. The summed E-state index contributed by atoms with van der Waals surface area (Å²) >= 11 is 0. The van der Waals surface area contributed by atoms with Gasteiger partial charge < -0.3 is 5.32 Å². The maximum absolute atomic E-state index is 14.1. The second kappa shape index (κ2) is 6.13. The van der Waals surface area contributed by atoms with Crippen LogP contribution in [0.25, 0.3) is 0 Å². The molecule has 0 saturated carbocycles. The predicted molar refractivity (Wildman–Crippen MR) is 74.4 cm³/mol. The van der Waals surface area contributed by atoms with E-state index in [1.807, 2.05) is 20.2 Å². The zero-order valence-corrected chi connectivity index (χ0v) is 12.0. The van der Waals surface area contributed by atoms with Crippen LogP contribution in [0.1, 0.15) is 36.1 Å². The van der Waals surface area contributed by atoms with Crippen LogP contribution in [0, 0.1) is 18.6 Å². The van der Waals surface area contributed by atoms with Gasteiger partial charge in [0.15, 0.2) is 0 Å². The van der Waals surface area contributed by atoms with E-state index < -0.39 is 11.6 Å². The standard InChI is InChI=1S/C15H19F2N3/c1-4-5-18-15(11-8-19-20(3)9-11)12-6-10(2)13(16)7-14(12)17/h6-9,15,18H,4-5H2,1-3H3. The van der Waals surface area contributed by atoms with Gasteiger partial charge in [0.05, 0.1) is 12.2 Å². The summed E-state index contributed by atoms with van der Waals surface area (Å²) in [6.07, 6.45) is 4.47. The molecule has 108 valence electrons. The van der Waals surface area contributed by atoms with Crippen molar-refractivity contribution in [3.8, 4) is 0 Å². The summed E-state index contributed by atoms with van der Waals surface area (Å²) < 4.78 is 29.2. The number of halogens is 2. The lowest BCUT2D eigenvalue weighted by atomic mass is 9.98. The molecule has 1 atom stereocenters. The first kappa shape index (κ1) is 14.7. The van der Waals surface area contributed by atoms with Crippen LogP contribution in [-0.2, 0) is 7.05 Å². The highest BCUT2D eigenvalue weighted by Gasteiger charge is 2.20. The molecular weight excluding hydrogens is 260 g/mol. The Morgan fingerprint density at radius 2 is 2.05 bits per heavy atom. The summed E-state index contributed by atoms with van der Waals surface area (Å²) in [4.78, 5) is 0. The highest BCUT2D eigenvalue weighted by molar-refractivity contribution is 5.34. The molecule has 1 N–H and O–H groups in total. The molecule has 2 rings (SSSR count). The van der Waals surface area contributed by atoms with E-state index in [4.69, 9.17) is 0 Å². The summed E-state index contributed by atoms with van der Waals surface area (Å²) in [5.74, 6) is -1.06. The van der Waals surface area contributed by atoms with Crippen LogP contribution in [-0.4, -0.2) is 16.3 Å². The fourth-order valence-electron chi connectivity index (χ4n) is 2.19. The fourth-order valence-corrected chi connectivity index (χ4v) is 2.19. The van der Waals surface area contributed by atoms with Gasteiger partial charge in [-0.3, -0.25) is 4.68 Å². The summed E-state index contributed by atoms with van der Waals surface area (Å²) in [6, 6.07) is 2.19. The van der Waals surface area contributed by atoms with Crippen LogP contribution in [0.2, 0.25) is 0 Å². The smallest absolute Gasteiger partial charge is 0.131 e. The molecule has 0 aliphatic carbocycles. The second-order valence-electron chi connectivity index (χ2n) is 4.96. The average Bonchev–Trinajstić information content (AvgIpc) is 2.82. The summed E-state index contributed by atoms with van der Waals surface area (Å²) in [5, 5.41) is 7.41. The molecule has 3 nitrogen and oxygen atoms in total. The number of nitrogens with zero attached hydrogens (tertiary/aromatic N) is 2. The van der Waals surface area contributed by atoms with Crippen LogP contribution in [0.3, 0.4) is 0 Å². The number of benzene rings is 1. The van der Waals surface area contributed by atoms with Crippen LogP contribution in [0.5, 0.6) is 0 Å². The quantitative estimate of drug-likeness (QED) is 0.911. The second-order valence-corrected chi connectivity index (χ2v) is 4.96. The molecule has 1 heterocycles. The number of nitrogens with one attached hydrogen (secondary N) is 1. The molecule has 0 fully saturated rings. The maximum Gasteiger partial charge on any atom is 0.131 e. The third kappa shape index (κ3) is 3.04. The van der Waals surface area contributed by atoms with Gasteiger partial charge in [-0.1, -0.05) is 6.92 Å². The van der Waals surface area contributed by atoms with E-state index in [1.165, 1.54) is 0 Å². The highest BCUT2D eigenvalue weighted by Crippen LogP contribution is 2.26. The zero-order chi connectivity index (χ0) is 14.7. The fraction of sp³-hybridized carbons (Fsp3) is 0.400. The number of hydrogen-bond acceptors (Lipinski definition) is 2. The molecular formula is C15H19F2N3. The molecule has 20 heavy (non-hydrogen) atoms. The van der Waals surface area contributed by atoms with Gasteiger partial charge in [0.25, 0.3) is 0 Å². The van der Waals surface area contributed by atoms with Gasteiger partial charge in [-0.25, -0.2) is 8.78 Å². The molecule has 0 spiro atoms. The number of aryl methyl sites for hydroxylation is 2. The molecule has 0 aliphatic rings. The minimum Gasteiger partial charge on any atom is -0.306 e. The van der Waals surface area contributed by atoms with E-state index in [9.17, 15) is 8.78 Å². The van der Waals surface area contributed by atoms with Crippen LogP contribution in [0.4, 0.5) is 8.78 Å². The minimum absolute atomic E-state index is 0.317. The van der Waals surface area contributed by atoms with Crippen molar-refractivity contribution < 1.29 is 8.78 Å². The lowest BCUT2D eigenvalue weighted by molar-refractivity contribution is 0.530. The van der Waals surface area contributed by atoms with Crippen molar-refractivity contribution in [1.29, 1.82) is 0 Å². The van der Waals surface area contributed by atoms with Crippen molar-refractivity contribution in [2.24, 2.45) is 7.05 Å². The first-order chi connectivity index (χ1) is 9.52. The van der Waals surface area contributed by atoms with Gasteiger partial charge >= 0.3 is 0 Å². The Balaban J connectivity index is 2.43. The van der Waals surface area contributed by atoms with Gasteiger partial charge in [0.1, 0.15) is 11.6 Å². The Hall–Kier alpha value is -1.75. The first-order valence-corrected chi connectivity index (χ1v) is 6.70. The molecule has 0 bridgehead atoms. The van der Waals surface area contributed by atoms with Gasteiger partial charge in [-0.05, 0) is 31.5 Å². The van der Waals surface area contributed by atoms with Crippen molar-refractivity contribution in [2.75, 3.05) is 6.54 Å². The SMILES string of the molecule is CCCNC(c1cnn(C)c1)c1cc(C)c(F)cc1F. The predicted octanol–water partition coefficient (Wildman–Crippen LogP) is 3.10. The van der Waals surface area contributed by atoms with Crippen molar-refractivity contribution in [2.45, 2.75) is 26.3 Å². The molecule has 0 saturated heterocycles. The van der Waals surface area contributed by atoms with Crippen LogP contribution in [0.15, 0.2) is 24.5 Å². The number of rotatable bonds is 5. The Bertz CT molecular complexity index is 593. The van der Waals surface area contributed by atoms with Crippen molar-refractivity contribution >= 4 is 0 Å². The van der Waals surface area contributed by atoms with Gasteiger partial charge in [0.2, 0.25) is 0 Å². The van der Waals surface area contributed by atoms with Crippen molar-refractivity contribution in [1.82, 2.24) is 15.1 Å². The van der Waals surface area contributed by atoms with Crippen LogP contribution >= 0.6 is 0 Å². The monoisotopic (exact) mass is 279 g/mol. The summed E-state index contributed by atoms with van der Waals surface area (Å²) in [7, 11) is 1.81. The third-order valence-electron chi connectivity index (χ3n) is 3.25. The molecule has 2 aromatic rings. The molecule has 0 radical (unpaired) electrons. The van der Waals surface area contributed by atoms with Crippen LogP contribution < -0.4 is 5.32 Å². The van der Waals surface area contributed by atoms with E-state index in [0.717, 1.165) is 24.6 Å². The van der Waals surface area contributed by atoms with Gasteiger partial charge in [0, 0.05) is 30.4 Å². The van der Waals surface area contributed by atoms with E-state index in [0.29, 0.717) is 11.1 Å². The van der Waals surface area contributed by atoms with Gasteiger partial charge in [-0.15, -0.1) is 0 Å². The summed E-state index contributed by atoms with van der Waals surface area (Å²) in [6.45, 7) is 4.42. The van der Waals surface area contributed by atoms with Crippen molar-refractivity contribution in [3.63, 3.8) is 0 Å². The molecule has 1 aromatic heterocycles. The summed E-state index contributed by atoms with van der Waals surface area (Å²) in [5.41, 5.74) is 1.75. The molecule has 0 amide bonds. The molecule has 1 aromatic carbocycles. The number of hydrogen-bond donors (Lipinski definition) is 1. The third-order valence-corrected chi connectivity index (χ3v) is 3.25. The maximum atomic E-state index is 14.1. The lowest BCUT2D eigenvalue weighted by Gasteiger charge is -2.19. The Morgan fingerprint density at radius 1 is 1.30 bits per heavy atom. The van der Waals surface area contributed by atoms with E-state index in [2.05, 4.69) is 10.4 Å². The Kier molecular flexibility index (Phi) is 4.49. The first-order valence-electron chi connectivity index (χ1n) is 6.70. The molecule has 1 unspecified atom stereocenters. The van der Waals surface area contributed by atoms with E-state index >= 15 is 0 Å². The Morgan fingerprint density at radius 3 is 2.65 bits per heavy atom. The Labute approximate surface area is 117 Å². The van der Waals surface area contributed by atoms with E-state index in [-0.39, 0.29) is 6.04 Å². The molecule has 0 aliphatic heterocycles. The largest absolute Gasteiger partial charge is 0.306 e. The zero-order valence-electron chi connectivity index (χ0n) is 12.0. The van der Waals surface area contributed by atoms with Crippen molar-refractivity contribution in [3.05, 3.63) is 52.9 Å². The molecule has 5 heteroatoms. The number of aromatic nitrogens is 2. The lowest BCUT2D eigenvalue weighted by Crippen LogP contribution is -2.24. The topological polar surface area (TPSA) is 29.9 Å².